The molecule has 0 saturated carbocycles. The van der Waals surface area contributed by atoms with Crippen LogP contribution in [-0.4, -0.2) is 9.78 Å². The molecule has 1 heterocycles. The van der Waals surface area contributed by atoms with Crippen LogP contribution in [0.2, 0.25) is 0 Å². The summed E-state index contributed by atoms with van der Waals surface area (Å²) in [5, 5.41) is 3.65. The van der Waals surface area contributed by atoms with Crippen LogP contribution in [0.4, 0.5) is 8.78 Å². The lowest BCUT2D eigenvalue weighted by atomic mass is 10.0. The second-order valence-electron chi connectivity index (χ2n) is 6.71. The quantitative estimate of drug-likeness (QED) is 0.558. The number of aryl methyl sites for hydroxylation is 2. The third kappa shape index (κ3) is 3.17. The fraction of sp³-hybridized carbons (Fsp3) is 0.136. The van der Waals surface area contributed by atoms with Crippen molar-refractivity contribution in [1.29, 1.82) is 0 Å². The Morgan fingerprint density at radius 1 is 1.04 bits per heavy atom. The first-order valence-corrected chi connectivity index (χ1v) is 8.79. The van der Waals surface area contributed by atoms with E-state index in [2.05, 4.69) is 5.10 Å². The highest BCUT2D eigenvalue weighted by molar-refractivity contribution is 5.81. The molecule has 0 bridgehead atoms. The second-order valence-corrected chi connectivity index (χ2v) is 6.71. The summed E-state index contributed by atoms with van der Waals surface area (Å²) in [4.78, 5) is 12.0. The van der Waals surface area contributed by atoms with Crippen LogP contribution in [0.3, 0.4) is 0 Å². The van der Waals surface area contributed by atoms with Gasteiger partial charge >= 0.3 is 0 Å². The largest absolute Gasteiger partial charge is 0.489 e. The van der Waals surface area contributed by atoms with Gasteiger partial charge in [0.05, 0.1) is 10.9 Å². The Balaban J connectivity index is 1.56. The van der Waals surface area contributed by atoms with Crippen LogP contribution in [0.5, 0.6) is 5.75 Å². The molecule has 3 aromatic carbocycles. The van der Waals surface area contributed by atoms with Crippen molar-refractivity contribution in [2.45, 2.75) is 13.5 Å². The third-order valence-corrected chi connectivity index (χ3v) is 4.79. The number of fused-ring (bicyclic) bond motifs is 1. The number of nitrogens with one attached hydrogen (secondary N) is 1. The number of ether oxygens (including phenoxy) is 1. The van der Waals surface area contributed by atoms with E-state index in [4.69, 9.17) is 4.74 Å². The number of rotatable bonds is 4. The molecule has 6 heteroatoms. The van der Waals surface area contributed by atoms with E-state index in [9.17, 15) is 13.6 Å². The molecule has 4 nitrogen and oxygen atoms in total. The number of hydrogen-bond donors (Lipinski definition) is 1. The first-order valence-electron chi connectivity index (χ1n) is 8.79. The number of aromatic nitrogens is 2. The van der Waals surface area contributed by atoms with Gasteiger partial charge in [0.1, 0.15) is 12.4 Å². The van der Waals surface area contributed by atoms with E-state index in [1.165, 1.54) is 16.8 Å². The molecule has 0 fully saturated rings. The predicted octanol–water partition coefficient (Wildman–Crippen LogP) is 4.70. The average Bonchev–Trinajstić information content (AvgIpc) is 2.98. The summed E-state index contributed by atoms with van der Waals surface area (Å²) in [6.07, 6.45) is 0. The van der Waals surface area contributed by atoms with Gasteiger partial charge in [-0.1, -0.05) is 24.3 Å². The fourth-order valence-corrected chi connectivity index (χ4v) is 3.28. The first-order chi connectivity index (χ1) is 13.4. The second kappa shape index (κ2) is 6.96. The summed E-state index contributed by atoms with van der Waals surface area (Å²) < 4.78 is 34.2. The molecule has 0 spiro atoms. The predicted molar refractivity (Wildman–Crippen MR) is 104 cm³/mol. The molecule has 0 saturated heterocycles. The van der Waals surface area contributed by atoms with Gasteiger partial charge in [-0.2, -0.15) is 0 Å². The van der Waals surface area contributed by atoms with Crippen LogP contribution in [0, 0.1) is 18.6 Å². The van der Waals surface area contributed by atoms with Crippen molar-refractivity contribution in [3.63, 3.8) is 0 Å². The van der Waals surface area contributed by atoms with Gasteiger partial charge in [-0.05, 0) is 53.9 Å². The Hall–Kier alpha value is -3.41. The van der Waals surface area contributed by atoms with Crippen molar-refractivity contribution in [2.75, 3.05) is 0 Å². The van der Waals surface area contributed by atoms with E-state index in [1.54, 1.807) is 44.3 Å². The van der Waals surface area contributed by atoms with Gasteiger partial charge in [0, 0.05) is 12.6 Å². The Kier molecular flexibility index (Phi) is 4.47. The number of aromatic amines is 1. The monoisotopic (exact) mass is 380 g/mol. The number of hydrogen-bond acceptors (Lipinski definition) is 2. The molecule has 4 rings (SSSR count). The smallest absolute Gasteiger partial charge is 0.274 e. The van der Waals surface area contributed by atoms with Gasteiger partial charge in [-0.3, -0.25) is 14.6 Å². The lowest BCUT2D eigenvalue weighted by Gasteiger charge is -2.10. The average molecular weight is 380 g/mol. The summed E-state index contributed by atoms with van der Waals surface area (Å²) in [6.45, 7) is 2.03. The maximum Gasteiger partial charge on any atom is 0.274 e. The molecule has 0 radical (unpaired) electrons. The van der Waals surface area contributed by atoms with E-state index >= 15 is 0 Å². The minimum atomic E-state index is -0.870. The van der Waals surface area contributed by atoms with Crippen molar-refractivity contribution >= 4 is 10.9 Å². The molecule has 1 N–H and O–H groups in total. The zero-order chi connectivity index (χ0) is 19.8. The molecule has 0 aliphatic rings. The van der Waals surface area contributed by atoms with E-state index in [-0.39, 0.29) is 5.56 Å². The summed E-state index contributed by atoms with van der Waals surface area (Å²) in [6, 6.07) is 15.1. The highest BCUT2D eigenvalue weighted by Gasteiger charge is 2.10. The summed E-state index contributed by atoms with van der Waals surface area (Å²) >= 11 is 0. The molecular weight excluding hydrogens is 362 g/mol. The van der Waals surface area contributed by atoms with Gasteiger partial charge in [-0.25, -0.2) is 8.78 Å². The van der Waals surface area contributed by atoms with Crippen molar-refractivity contribution in [2.24, 2.45) is 7.05 Å². The van der Waals surface area contributed by atoms with Gasteiger partial charge in [0.25, 0.3) is 5.56 Å². The van der Waals surface area contributed by atoms with Crippen molar-refractivity contribution in [1.82, 2.24) is 9.78 Å². The zero-order valence-electron chi connectivity index (χ0n) is 15.4. The maximum atomic E-state index is 13.6. The van der Waals surface area contributed by atoms with Gasteiger partial charge in [0.15, 0.2) is 11.6 Å². The van der Waals surface area contributed by atoms with E-state index in [0.717, 1.165) is 16.6 Å². The molecule has 28 heavy (non-hydrogen) atoms. The normalized spacial score (nSPS) is 11.1. The molecule has 4 aromatic rings. The van der Waals surface area contributed by atoms with Crippen LogP contribution < -0.4 is 10.3 Å². The van der Waals surface area contributed by atoms with E-state index in [1.807, 2.05) is 12.1 Å². The molecule has 142 valence electrons. The highest BCUT2D eigenvalue weighted by Crippen LogP contribution is 2.28. The summed E-state index contributed by atoms with van der Waals surface area (Å²) in [5.41, 5.74) is 3.62. The molecule has 0 unspecified atom stereocenters. The minimum absolute atomic E-state index is 0.0805. The van der Waals surface area contributed by atoms with Gasteiger partial charge in [0.2, 0.25) is 0 Å². The number of halogens is 2. The molecule has 1 aromatic heterocycles. The lowest BCUT2D eigenvalue weighted by molar-refractivity contribution is 0.307. The van der Waals surface area contributed by atoms with Gasteiger partial charge in [-0.15, -0.1) is 0 Å². The molecule has 0 atom stereocenters. The van der Waals surface area contributed by atoms with E-state index < -0.39 is 11.6 Å². The Bertz CT molecular complexity index is 1220. The Morgan fingerprint density at radius 2 is 1.75 bits per heavy atom. The van der Waals surface area contributed by atoms with Crippen LogP contribution >= 0.6 is 0 Å². The van der Waals surface area contributed by atoms with Crippen molar-refractivity contribution in [3.8, 4) is 16.9 Å². The molecule has 0 aliphatic carbocycles. The SMILES string of the molecule is Cc1cc(F)c(F)cc1-c1ccc(OCc2cccc3c(=O)n(C)[nH]c23)cc1. The van der Waals surface area contributed by atoms with Crippen molar-refractivity contribution in [3.05, 3.63) is 87.7 Å². The Labute approximate surface area is 160 Å². The first kappa shape index (κ1) is 18.0. The zero-order valence-corrected chi connectivity index (χ0v) is 15.4. The Morgan fingerprint density at radius 3 is 2.50 bits per heavy atom. The molecule has 0 amide bonds. The molecule has 0 aliphatic heterocycles. The fourth-order valence-electron chi connectivity index (χ4n) is 3.28. The number of para-hydroxylation sites is 1. The lowest BCUT2D eigenvalue weighted by Crippen LogP contribution is -2.10. The number of H-pyrrole nitrogens is 1. The van der Waals surface area contributed by atoms with Crippen LogP contribution in [0.1, 0.15) is 11.1 Å². The van der Waals surface area contributed by atoms with Crippen LogP contribution in [-0.2, 0) is 13.7 Å². The standard InChI is InChI=1S/C22H18F2N2O2/c1-13-10-19(23)20(24)11-18(13)14-6-8-16(9-7-14)28-12-15-4-3-5-17-21(15)25-26(2)22(17)27/h3-11,25H,12H2,1-2H3. The maximum absolute atomic E-state index is 13.6. The number of nitrogens with zero attached hydrogens (tertiary/aromatic N) is 1. The molecular formula is C22H18F2N2O2. The summed E-state index contributed by atoms with van der Waals surface area (Å²) in [7, 11) is 1.67. The van der Waals surface area contributed by atoms with Crippen LogP contribution in [0.25, 0.3) is 22.0 Å². The van der Waals surface area contributed by atoms with E-state index in [0.29, 0.717) is 28.9 Å². The van der Waals surface area contributed by atoms with Crippen molar-refractivity contribution < 1.29 is 13.5 Å². The number of benzene rings is 3. The topological polar surface area (TPSA) is 47.0 Å². The van der Waals surface area contributed by atoms with Crippen LogP contribution in [0.15, 0.2) is 59.4 Å². The minimum Gasteiger partial charge on any atom is -0.489 e. The highest BCUT2D eigenvalue weighted by atomic mass is 19.2. The summed E-state index contributed by atoms with van der Waals surface area (Å²) in [5.74, 6) is -1.08. The van der Waals surface area contributed by atoms with Gasteiger partial charge < -0.3 is 4.74 Å². The third-order valence-electron chi connectivity index (χ3n) is 4.79.